The lowest BCUT2D eigenvalue weighted by Gasteiger charge is -2.09. The highest BCUT2D eigenvalue weighted by molar-refractivity contribution is 7.16. The molecule has 1 aliphatic carbocycles. The Hall–Kier alpha value is -3.26. The third-order valence-corrected chi connectivity index (χ3v) is 5.82. The van der Waals surface area contributed by atoms with Gasteiger partial charge in [0.15, 0.2) is 10.3 Å². The van der Waals surface area contributed by atoms with Crippen molar-refractivity contribution in [3.63, 3.8) is 0 Å². The van der Waals surface area contributed by atoms with Gasteiger partial charge < -0.3 is 15.2 Å². The second-order valence-electron chi connectivity index (χ2n) is 6.37. The standard InChI is InChI=1S/C16H15N7O3S/c1-8-13(21-20-9(2)16(23(25)26)22(21)19-8)14(24)18-15-11(7-17)10-5-3-4-6-12(10)27-15/h3-6H2,1-2H3,(H-,18,19,20,24). The van der Waals surface area contributed by atoms with Crippen LogP contribution in [-0.2, 0) is 12.8 Å². The highest BCUT2D eigenvalue weighted by Crippen LogP contribution is 2.39. The van der Waals surface area contributed by atoms with E-state index in [-0.39, 0.29) is 17.2 Å². The van der Waals surface area contributed by atoms with Crippen molar-refractivity contribution in [2.75, 3.05) is 0 Å². The highest BCUT2D eigenvalue weighted by atomic mass is 32.1. The van der Waals surface area contributed by atoms with Crippen molar-refractivity contribution in [3.8, 4) is 6.07 Å². The van der Waals surface area contributed by atoms with E-state index in [1.54, 1.807) is 6.92 Å². The molecule has 27 heavy (non-hydrogen) atoms. The molecule has 0 bridgehead atoms. The zero-order chi connectivity index (χ0) is 19.3. The van der Waals surface area contributed by atoms with E-state index < -0.39 is 10.8 Å². The first kappa shape index (κ1) is 17.2. The summed E-state index contributed by atoms with van der Waals surface area (Å²) in [6.45, 7) is 3.11. The zero-order valence-corrected chi connectivity index (χ0v) is 15.5. The predicted molar refractivity (Wildman–Crippen MR) is 93.2 cm³/mol. The third-order valence-electron chi connectivity index (χ3n) is 4.63. The van der Waals surface area contributed by atoms with Crippen LogP contribution < -0.4 is 9.74 Å². The average molecular weight is 385 g/mol. The summed E-state index contributed by atoms with van der Waals surface area (Å²) in [6.07, 6.45) is 3.81. The van der Waals surface area contributed by atoms with Crippen LogP contribution in [-0.4, -0.2) is 25.6 Å². The van der Waals surface area contributed by atoms with Gasteiger partial charge in [-0.05, 0) is 43.1 Å². The first-order valence-corrected chi connectivity index (χ1v) is 9.19. The number of aromatic nitrogens is 4. The number of thiophene rings is 1. The number of hydrogen-bond acceptors (Lipinski definition) is 7. The fraction of sp³-hybridized carbons (Fsp3) is 0.375. The summed E-state index contributed by atoms with van der Waals surface area (Å²) in [6, 6.07) is 2.17. The SMILES string of the molecule is Cc1nn2c([N+](=O)[O-])c(C)[nH][n+]2c1/C([O-])=N/c1sc2c(c1C#N)CCCC2. The van der Waals surface area contributed by atoms with Crippen LogP contribution in [0.15, 0.2) is 4.99 Å². The van der Waals surface area contributed by atoms with Crippen molar-refractivity contribution in [1.29, 1.82) is 5.26 Å². The molecule has 3 aromatic heterocycles. The molecule has 0 spiro atoms. The Bertz CT molecular complexity index is 1160. The monoisotopic (exact) mass is 385 g/mol. The number of hydrogen-bond donors (Lipinski definition) is 1. The summed E-state index contributed by atoms with van der Waals surface area (Å²) in [5.41, 5.74) is 2.13. The molecule has 10 nitrogen and oxygen atoms in total. The normalized spacial score (nSPS) is 14.3. The molecule has 1 aliphatic rings. The molecule has 0 aliphatic heterocycles. The first-order chi connectivity index (χ1) is 12.9. The number of aromatic amines is 1. The molecular weight excluding hydrogens is 370 g/mol. The third kappa shape index (κ3) is 2.57. The van der Waals surface area contributed by atoms with Gasteiger partial charge in [0, 0.05) is 22.3 Å². The van der Waals surface area contributed by atoms with Gasteiger partial charge in [-0.3, -0.25) is 0 Å². The molecule has 3 aromatic rings. The molecule has 0 fully saturated rings. The van der Waals surface area contributed by atoms with Crippen LogP contribution >= 0.6 is 11.3 Å². The maximum Gasteiger partial charge on any atom is 0.436 e. The molecular formula is C16H15N7O3S. The molecule has 0 amide bonds. The van der Waals surface area contributed by atoms with Gasteiger partial charge in [-0.2, -0.15) is 10.4 Å². The largest absolute Gasteiger partial charge is 0.855 e. The number of nitro groups is 1. The molecule has 4 rings (SSSR count). The minimum Gasteiger partial charge on any atom is -0.855 e. The Labute approximate surface area is 157 Å². The van der Waals surface area contributed by atoms with Crippen LogP contribution in [0.4, 0.5) is 10.8 Å². The Morgan fingerprint density at radius 3 is 2.89 bits per heavy atom. The fourth-order valence-electron chi connectivity index (χ4n) is 3.43. The number of rotatable bonds is 3. The molecule has 0 aromatic carbocycles. The molecule has 3 heterocycles. The molecule has 0 saturated heterocycles. The number of nitrogens with one attached hydrogen (secondary N) is 1. The number of aliphatic imine (C=N–C) groups is 1. The second kappa shape index (κ2) is 6.17. The first-order valence-electron chi connectivity index (χ1n) is 8.37. The number of nitriles is 1. The van der Waals surface area contributed by atoms with Crippen LogP contribution in [0.5, 0.6) is 0 Å². The van der Waals surface area contributed by atoms with E-state index in [0.29, 0.717) is 16.3 Å². The summed E-state index contributed by atoms with van der Waals surface area (Å²) >= 11 is 1.37. The predicted octanol–water partition coefficient (Wildman–Crippen LogP) is 1.02. The van der Waals surface area contributed by atoms with Crippen LogP contribution in [0.1, 0.15) is 45.9 Å². The van der Waals surface area contributed by atoms with Gasteiger partial charge in [-0.1, -0.05) is 0 Å². The van der Waals surface area contributed by atoms with E-state index >= 15 is 0 Å². The van der Waals surface area contributed by atoms with Crippen molar-refractivity contribution in [3.05, 3.63) is 43.2 Å². The topological polar surface area (TPSA) is 140 Å². The van der Waals surface area contributed by atoms with E-state index in [0.717, 1.165) is 40.8 Å². The Morgan fingerprint density at radius 2 is 2.19 bits per heavy atom. The van der Waals surface area contributed by atoms with Crippen molar-refractivity contribution >= 4 is 28.1 Å². The highest BCUT2D eigenvalue weighted by Gasteiger charge is 2.34. The van der Waals surface area contributed by atoms with Gasteiger partial charge in [-0.15, -0.1) is 11.3 Å². The Balaban J connectivity index is 1.87. The smallest absolute Gasteiger partial charge is 0.436 e. The number of fused-ring (bicyclic) bond motifs is 2. The molecule has 0 atom stereocenters. The van der Waals surface area contributed by atoms with Crippen molar-refractivity contribution in [1.82, 2.24) is 14.8 Å². The lowest BCUT2D eigenvalue weighted by molar-refractivity contribution is -0.683. The van der Waals surface area contributed by atoms with Crippen LogP contribution in [0.3, 0.4) is 0 Å². The summed E-state index contributed by atoms with van der Waals surface area (Å²) in [7, 11) is 0. The molecule has 1 N–H and O–H groups in total. The van der Waals surface area contributed by atoms with Gasteiger partial charge in [0.1, 0.15) is 16.2 Å². The van der Waals surface area contributed by atoms with Gasteiger partial charge in [-0.25, -0.2) is 4.99 Å². The molecule has 138 valence electrons. The van der Waals surface area contributed by atoms with Crippen molar-refractivity contribution in [2.24, 2.45) is 4.99 Å². The summed E-state index contributed by atoms with van der Waals surface area (Å²) < 4.78 is 2.26. The van der Waals surface area contributed by atoms with Crippen LogP contribution in [0, 0.1) is 35.3 Å². The Kier molecular flexibility index (Phi) is 3.92. The van der Waals surface area contributed by atoms with Gasteiger partial charge in [0.2, 0.25) is 0 Å². The van der Waals surface area contributed by atoms with Crippen molar-refractivity contribution < 1.29 is 14.7 Å². The zero-order valence-electron chi connectivity index (χ0n) is 14.6. The van der Waals surface area contributed by atoms with Crippen LogP contribution in [0.2, 0.25) is 0 Å². The molecule has 0 radical (unpaired) electrons. The van der Waals surface area contributed by atoms with Gasteiger partial charge in [0.25, 0.3) is 11.4 Å². The van der Waals surface area contributed by atoms with E-state index in [1.165, 1.54) is 22.9 Å². The van der Waals surface area contributed by atoms with Gasteiger partial charge >= 0.3 is 5.82 Å². The Morgan fingerprint density at radius 1 is 1.44 bits per heavy atom. The van der Waals surface area contributed by atoms with Crippen molar-refractivity contribution in [2.45, 2.75) is 39.5 Å². The fourth-order valence-corrected chi connectivity index (χ4v) is 4.64. The van der Waals surface area contributed by atoms with Gasteiger partial charge in [0.05, 0.1) is 5.56 Å². The minimum atomic E-state index is -0.598. The lowest BCUT2D eigenvalue weighted by atomic mass is 9.96. The molecule has 0 unspecified atom stereocenters. The van der Waals surface area contributed by atoms with E-state index in [4.69, 9.17) is 0 Å². The summed E-state index contributed by atoms with van der Waals surface area (Å²) in [5, 5.41) is 40.9. The second-order valence-corrected chi connectivity index (χ2v) is 7.46. The lowest BCUT2D eigenvalue weighted by Crippen LogP contribution is -2.39. The van der Waals surface area contributed by atoms with Crippen LogP contribution in [0.25, 0.3) is 0 Å². The average Bonchev–Trinajstić information content (AvgIpc) is 3.21. The quantitative estimate of drug-likeness (QED) is 0.236. The number of nitrogens with zero attached hydrogens (tertiary/aromatic N) is 6. The molecule has 0 saturated carbocycles. The minimum absolute atomic E-state index is 0.0986. The maximum atomic E-state index is 12.8. The number of aryl methyl sites for hydroxylation is 3. The van der Waals surface area contributed by atoms with E-state index in [1.807, 2.05) is 0 Å². The summed E-state index contributed by atoms with van der Waals surface area (Å²) in [4.78, 5) is 16.0. The molecule has 11 heteroatoms. The van der Waals surface area contributed by atoms with E-state index in [9.17, 15) is 20.5 Å². The number of H-pyrrole nitrogens is 1. The summed E-state index contributed by atoms with van der Waals surface area (Å²) in [5.74, 6) is -0.847. The maximum absolute atomic E-state index is 12.8. The van der Waals surface area contributed by atoms with E-state index in [2.05, 4.69) is 21.3 Å².